The number of hydrogen-bond donors (Lipinski definition) is 2. The molecule has 0 spiro atoms. The van der Waals surface area contributed by atoms with Crippen molar-refractivity contribution in [1.82, 2.24) is 10.6 Å². The van der Waals surface area contributed by atoms with E-state index in [0.717, 1.165) is 10.0 Å². The number of nitrogens with one attached hydrogen (secondary N) is 2. The number of benzene rings is 1. The van der Waals surface area contributed by atoms with Crippen LogP contribution in [-0.2, 0) is 9.53 Å². The second kappa shape index (κ2) is 5.71. The first-order valence-corrected chi connectivity index (χ1v) is 6.85. The molecule has 1 heterocycles. The Morgan fingerprint density at radius 1 is 1.42 bits per heavy atom. The Balaban J connectivity index is 2.53. The van der Waals surface area contributed by atoms with Crippen LogP contribution >= 0.6 is 28.1 Å². The van der Waals surface area contributed by atoms with Crippen molar-refractivity contribution in [2.75, 3.05) is 7.11 Å². The van der Waals surface area contributed by atoms with E-state index in [1.165, 1.54) is 7.11 Å². The van der Waals surface area contributed by atoms with Gasteiger partial charge < -0.3 is 15.4 Å². The zero-order chi connectivity index (χ0) is 14.0. The van der Waals surface area contributed by atoms with Crippen LogP contribution in [-0.4, -0.2) is 18.2 Å². The van der Waals surface area contributed by atoms with Crippen molar-refractivity contribution >= 4 is 39.2 Å². The summed E-state index contributed by atoms with van der Waals surface area (Å²) >= 11 is 8.65. The molecule has 1 unspecified atom stereocenters. The Morgan fingerprint density at radius 2 is 2.11 bits per heavy atom. The molecule has 0 fully saturated rings. The molecule has 2 N–H and O–H groups in total. The summed E-state index contributed by atoms with van der Waals surface area (Å²) in [4.78, 5) is 12.0. The number of rotatable bonds is 2. The topological polar surface area (TPSA) is 50.4 Å². The maximum absolute atomic E-state index is 12.0. The van der Waals surface area contributed by atoms with Gasteiger partial charge in [-0.1, -0.05) is 34.1 Å². The summed E-state index contributed by atoms with van der Waals surface area (Å²) in [5.41, 5.74) is 2.17. The van der Waals surface area contributed by atoms with Crippen LogP contribution in [0, 0.1) is 0 Å². The molecule has 0 saturated carbocycles. The Morgan fingerprint density at radius 3 is 2.74 bits per heavy atom. The van der Waals surface area contributed by atoms with Crippen LogP contribution in [0.2, 0.25) is 0 Å². The molecule has 0 radical (unpaired) electrons. The van der Waals surface area contributed by atoms with Crippen LogP contribution in [0.3, 0.4) is 0 Å². The summed E-state index contributed by atoms with van der Waals surface area (Å²) < 4.78 is 5.76. The van der Waals surface area contributed by atoms with Crippen molar-refractivity contribution in [2.45, 2.75) is 13.0 Å². The van der Waals surface area contributed by atoms with Crippen molar-refractivity contribution in [3.05, 3.63) is 45.6 Å². The molecule has 0 amide bonds. The third kappa shape index (κ3) is 2.79. The molecule has 1 aliphatic heterocycles. The van der Waals surface area contributed by atoms with E-state index >= 15 is 0 Å². The lowest BCUT2D eigenvalue weighted by molar-refractivity contribution is -0.136. The average Bonchev–Trinajstić information content (AvgIpc) is 2.37. The fraction of sp³-hybridized carbons (Fsp3) is 0.231. The SMILES string of the molecule is COC(=O)C1=C(C)NC(=S)NC1c1ccccc1Br. The van der Waals surface area contributed by atoms with Crippen molar-refractivity contribution in [2.24, 2.45) is 0 Å². The Labute approximate surface area is 125 Å². The first kappa shape index (κ1) is 14.0. The predicted octanol–water partition coefficient (Wildman–Crippen LogP) is 2.41. The normalized spacial score (nSPS) is 18.7. The van der Waals surface area contributed by atoms with Crippen LogP contribution in [0.25, 0.3) is 0 Å². The maximum Gasteiger partial charge on any atom is 0.337 e. The average molecular weight is 341 g/mol. The predicted molar refractivity (Wildman–Crippen MR) is 80.5 cm³/mol. The van der Waals surface area contributed by atoms with Gasteiger partial charge in [0, 0.05) is 10.2 Å². The van der Waals surface area contributed by atoms with E-state index in [1.54, 1.807) is 0 Å². The molecule has 6 heteroatoms. The molecule has 1 aromatic rings. The standard InChI is InChI=1S/C13H13BrN2O2S/c1-7-10(12(17)18-2)11(16-13(19)15-7)8-5-3-4-6-9(8)14/h3-6,11H,1-2H3,(H2,15,16,19). The highest BCUT2D eigenvalue weighted by Crippen LogP contribution is 2.31. The van der Waals surface area contributed by atoms with E-state index in [9.17, 15) is 4.79 Å². The Hall–Kier alpha value is -1.40. The Bertz CT molecular complexity index is 572. The lowest BCUT2D eigenvalue weighted by atomic mass is 9.96. The van der Waals surface area contributed by atoms with E-state index in [1.807, 2.05) is 31.2 Å². The molecular weight excluding hydrogens is 328 g/mol. The number of thiocarbonyl (C=S) groups is 1. The Kier molecular flexibility index (Phi) is 4.21. The van der Waals surface area contributed by atoms with E-state index in [-0.39, 0.29) is 12.0 Å². The third-order valence-electron chi connectivity index (χ3n) is 2.89. The van der Waals surface area contributed by atoms with E-state index < -0.39 is 0 Å². The molecule has 100 valence electrons. The summed E-state index contributed by atoms with van der Waals surface area (Å²) in [5.74, 6) is -0.374. The van der Waals surface area contributed by atoms with Gasteiger partial charge in [-0.25, -0.2) is 4.79 Å². The van der Waals surface area contributed by atoms with Gasteiger partial charge in [0.15, 0.2) is 5.11 Å². The number of allylic oxidation sites excluding steroid dienone is 1. The lowest BCUT2D eigenvalue weighted by Gasteiger charge is -2.30. The van der Waals surface area contributed by atoms with Crippen molar-refractivity contribution in [3.8, 4) is 0 Å². The molecule has 1 aliphatic rings. The third-order valence-corrected chi connectivity index (χ3v) is 3.83. The highest BCUT2D eigenvalue weighted by Gasteiger charge is 2.31. The summed E-state index contributed by atoms with van der Waals surface area (Å²) in [6.07, 6.45) is 0. The number of carbonyl (C=O) groups is 1. The van der Waals surface area contributed by atoms with Gasteiger partial charge in [-0.15, -0.1) is 0 Å². The minimum absolute atomic E-state index is 0.322. The number of carbonyl (C=O) groups excluding carboxylic acids is 1. The lowest BCUT2D eigenvalue weighted by Crippen LogP contribution is -2.45. The monoisotopic (exact) mass is 340 g/mol. The van der Waals surface area contributed by atoms with Crippen molar-refractivity contribution < 1.29 is 9.53 Å². The highest BCUT2D eigenvalue weighted by molar-refractivity contribution is 9.10. The summed E-state index contributed by atoms with van der Waals surface area (Å²) in [5, 5.41) is 6.54. The van der Waals surface area contributed by atoms with Gasteiger partial charge in [0.25, 0.3) is 0 Å². The fourth-order valence-corrected chi connectivity index (χ4v) is 2.80. The number of methoxy groups -OCH3 is 1. The zero-order valence-electron chi connectivity index (χ0n) is 10.5. The molecule has 19 heavy (non-hydrogen) atoms. The molecular formula is C13H13BrN2O2S. The molecule has 0 bridgehead atoms. The molecule has 1 aromatic carbocycles. The first-order valence-electron chi connectivity index (χ1n) is 5.65. The van der Waals surface area contributed by atoms with Gasteiger partial charge in [-0.3, -0.25) is 0 Å². The zero-order valence-corrected chi connectivity index (χ0v) is 12.9. The van der Waals surface area contributed by atoms with E-state index in [2.05, 4.69) is 26.6 Å². The van der Waals surface area contributed by atoms with Crippen LogP contribution in [0.4, 0.5) is 0 Å². The fourth-order valence-electron chi connectivity index (χ4n) is 2.02. The quantitative estimate of drug-likeness (QED) is 0.639. The summed E-state index contributed by atoms with van der Waals surface area (Å²) in [7, 11) is 1.37. The molecule has 4 nitrogen and oxygen atoms in total. The van der Waals surface area contributed by atoms with Crippen LogP contribution in [0.1, 0.15) is 18.5 Å². The molecule has 0 aromatic heterocycles. The highest BCUT2D eigenvalue weighted by atomic mass is 79.9. The maximum atomic E-state index is 12.0. The number of ether oxygens (including phenoxy) is 1. The molecule has 0 aliphatic carbocycles. The van der Waals surface area contributed by atoms with Gasteiger partial charge in [-0.2, -0.15) is 0 Å². The number of halogens is 1. The number of hydrogen-bond acceptors (Lipinski definition) is 3. The van der Waals surface area contributed by atoms with Crippen molar-refractivity contribution in [1.29, 1.82) is 0 Å². The van der Waals surface area contributed by atoms with E-state index in [0.29, 0.717) is 16.4 Å². The molecule has 0 saturated heterocycles. The minimum atomic E-state index is -0.374. The smallest absolute Gasteiger partial charge is 0.337 e. The first-order chi connectivity index (χ1) is 9.04. The second-order valence-corrected chi connectivity index (χ2v) is 5.35. The van der Waals surface area contributed by atoms with Gasteiger partial charge in [-0.05, 0) is 30.8 Å². The summed E-state index contributed by atoms with van der Waals surface area (Å²) in [6, 6.07) is 7.37. The van der Waals surface area contributed by atoms with Crippen LogP contribution < -0.4 is 10.6 Å². The summed E-state index contributed by atoms with van der Waals surface area (Å²) in [6.45, 7) is 1.81. The van der Waals surface area contributed by atoms with Crippen LogP contribution in [0.15, 0.2) is 40.0 Å². The van der Waals surface area contributed by atoms with Crippen molar-refractivity contribution in [3.63, 3.8) is 0 Å². The largest absolute Gasteiger partial charge is 0.466 e. The molecule has 1 atom stereocenters. The van der Waals surface area contributed by atoms with E-state index in [4.69, 9.17) is 17.0 Å². The van der Waals surface area contributed by atoms with Gasteiger partial charge in [0.2, 0.25) is 0 Å². The van der Waals surface area contributed by atoms with Gasteiger partial charge in [0.05, 0.1) is 18.7 Å². The number of esters is 1. The van der Waals surface area contributed by atoms with Gasteiger partial charge >= 0.3 is 5.97 Å². The molecule has 2 rings (SSSR count). The minimum Gasteiger partial charge on any atom is -0.466 e. The second-order valence-electron chi connectivity index (χ2n) is 4.08. The van der Waals surface area contributed by atoms with Crippen LogP contribution in [0.5, 0.6) is 0 Å². The van der Waals surface area contributed by atoms with Gasteiger partial charge in [0.1, 0.15) is 0 Å².